The highest BCUT2D eigenvalue weighted by molar-refractivity contribution is 8.00. The first-order valence-electron chi connectivity index (χ1n) is 12.0. The number of likely N-dealkylation sites (tertiary alicyclic amines) is 1. The minimum atomic E-state index is -0.256. The van der Waals surface area contributed by atoms with Crippen molar-refractivity contribution in [2.24, 2.45) is 0 Å². The maximum absolute atomic E-state index is 13.5. The fourth-order valence-electron chi connectivity index (χ4n) is 4.73. The van der Waals surface area contributed by atoms with Gasteiger partial charge in [-0.15, -0.1) is 11.8 Å². The lowest BCUT2D eigenvalue weighted by atomic mass is 9.86. The second-order valence-corrected chi connectivity index (χ2v) is 11.5. The predicted molar refractivity (Wildman–Crippen MR) is 141 cm³/mol. The zero-order valence-electron chi connectivity index (χ0n) is 21.2. The Labute approximate surface area is 212 Å². The van der Waals surface area contributed by atoms with E-state index in [0.717, 1.165) is 30.7 Å². The molecule has 0 radical (unpaired) electrons. The quantitative estimate of drug-likeness (QED) is 0.628. The maximum atomic E-state index is 13.5. The molecule has 0 aliphatic carbocycles. The van der Waals surface area contributed by atoms with Crippen LogP contribution in [0.1, 0.15) is 49.5 Å². The van der Waals surface area contributed by atoms with Gasteiger partial charge >= 0.3 is 6.03 Å². The van der Waals surface area contributed by atoms with E-state index in [1.807, 2.05) is 33.7 Å². The van der Waals surface area contributed by atoms with Crippen molar-refractivity contribution in [1.82, 2.24) is 9.80 Å². The van der Waals surface area contributed by atoms with Gasteiger partial charge in [-0.2, -0.15) is 0 Å². The highest BCUT2D eigenvalue weighted by Gasteiger charge is 2.47. The summed E-state index contributed by atoms with van der Waals surface area (Å²) in [5.74, 6) is 2.21. The van der Waals surface area contributed by atoms with Gasteiger partial charge in [-0.3, -0.25) is 4.79 Å². The highest BCUT2D eigenvalue weighted by atomic mass is 32.2. The molecule has 0 atom stereocenters. The molecule has 4 rings (SSSR count). The first-order chi connectivity index (χ1) is 16.7. The summed E-state index contributed by atoms with van der Waals surface area (Å²) < 4.78 is 10.6. The van der Waals surface area contributed by atoms with Gasteiger partial charge in [-0.1, -0.05) is 32.9 Å². The lowest BCUT2D eigenvalue weighted by Crippen LogP contribution is -2.54. The molecule has 2 saturated heterocycles. The third-order valence-corrected chi connectivity index (χ3v) is 8.46. The van der Waals surface area contributed by atoms with Crippen molar-refractivity contribution in [3.05, 3.63) is 53.6 Å². The summed E-state index contributed by atoms with van der Waals surface area (Å²) in [6.45, 7) is 8.42. The SMILES string of the molecule is COc1ccc(NC(=O)N2CCC3(CC2)SCCN3C(=O)c2ccc(C(C)(C)C)cc2)c(OC)c1. The van der Waals surface area contributed by atoms with E-state index in [1.54, 1.807) is 32.4 Å². The lowest BCUT2D eigenvalue weighted by molar-refractivity contribution is 0.0585. The molecule has 7 nitrogen and oxygen atoms in total. The van der Waals surface area contributed by atoms with E-state index >= 15 is 0 Å². The molecule has 2 aromatic carbocycles. The van der Waals surface area contributed by atoms with E-state index in [-0.39, 0.29) is 22.2 Å². The molecule has 1 spiro atoms. The molecule has 188 valence electrons. The van der Waals surface area contributed by atoms with Gasteiger partial charge in [-0.25, -0.2) is 4.79 Å². The van der Waals surface area contributed by atoms with Crippen molar-refractivity contribution >= 4 is 29.4 Å². The van der Waals surface area contributed by atoms with Crippen LogP contribution in [0.25, 0.3) is 0 Å². The third kappa shape index (κ3) is 5.22. The van der Waals surface area contributed by atoms with E-state index in [1.165, 1.54) is 5.56 Å². The van der Waals surface area contributed by atoms with Crippen molar-refractivity contribution in [3.63, 3.8) is 0 Å². The minimum Gasteiger partial charge on any atom is -0.497 e. The van der Waals surface area contributed by atoms with Crippen molar-refractivity contribution in [2.45, 2.75) is 43.9 Å². The molecule has 0 unspecified atom stereocenters. The van der Waals surface area contributed by atoms with E-state index < -0.39 is 0 Å². The minimum absolute atomic E-state index is 0.0511. The number of amides is 3. The molecule has 2 heterocycles. The summed E-state index contributed by atoms with van der Waals surface area (Å²) in [5.41, 5.74) is 2.60. The summed E-state index contributed by atoms with van der Waals surface area (Å²) in [6.07, 6.45) is 1.49. The van der Waals surface area contributed by atoms with Gasteiger partial charge in [0.2, 0.25) is 0 Å². The van der Waals surface area contributed by atoms with Crippen LogP contribution in [0.15, 0.2) is 42.5 Å². The number of hydrogen-bond donors (Lipinski definition) is 1. The number of anilines is 1. The Bertz CT molecular complexity index is 1070. The van der Waals surface area contributed by atoms with Crippen molar-refractivity contribution in [1.29, 1.82) is 0 Å². The Morgan fingerprint density at radius 2 is 1.66 bits per heavy atom. The number of ether oxygens (including phenoxy) is 2. The Morgan fingerprint density at radius 1 is 0.971 bits per heavy atom. The largest absolute Gasteiger partial charge is 0.497 e. The van der Waals surface area contributed by atoms with Gasteiger partial charge in [0.25, 0.3) is 5.91 Å². The first kappa shape index (κ1) is 25.2. The number of nitrogens with zero attached hydrogens (tertiary/aromatic N) is 2. The number of carbonyl (C=O) groups excluding carboxylic acids is 2. The summed E-state index contributed by atoms with van der Waals surface area (Å²) >= 11 is 1.84. The Kier molecular flexibility index (Phi) is 7.22. The number of carbonyl (C=O) groups is 2. The molecule has 3 amide bonds. The lowest BCUT2D eigenvalue weighted by Gasteiger charge is -2.44. The van der Waals surface area contributed by atoms with E-state index in [0.29, 0.717) is 30.3 Å². The van der Waals surface area contributed by atoms with Crippen LogP contribution in [0.2, 0.25) is 0 Å². The van der Waals surface area contributed by atoms with Crippen molar-refractivity contribution in [2.75, 3.05) is 44.9 Å². The van der Waals surface area contributed by atoms with Gasteiger partial charge in [0.1, 0.15) is 11.5 Å². The Morgan fingerprint density at radius 3 is 2.26 bits per heavy atom. The molecule has 2 aliphatic rings. The molecule has 2 aliphatic heterocycles. The number of benzene rings is 2. The monoisotopic (exact) mass is 497 g/mol. The van der Waals surface area contributed by atoms with Crippen LogP contribution in [0.4, 0.5) is 10.5 Å². The molecule has 2 fully saturated rings. The van der Waals surface area contributed by atoms with Crippen molar-refractivity contribution in [3.8, 4) is 11.5 Å². The van der Waals surface area contributed by atoms with Crippen LogP contribution in [0.3, 0.4) is 0 Å². The maximum Gasteiger partial charge on any atom is 0.321 e. The number of nitrogens with one attached hydrogen (secondary N) is 1. The molecular formula is C27H35N3O4S. The van der Waals surface area contributed by atoms with E-state index in [2.05, 4.69) is 38.2 Å². The summed E-state index contributed by atoms with van der Waals surface area (Å²) in [5, 5.41) is 2.96. The van der Waals surface area contributed by atoms with Crippen LogP contribution < -0.4 is 14.8 Å². The van der Waals surface area contributed by atoms with Crippen molar-refractivity contribution < 1.29 is 19.1 Å². The van der Waals surface area contributed by atoms with E-state index in [4.69, 9.17) is 9.47 Å². The second kappa shape index (κ2) is 10.0. The van der Waals surface area contributed by atoms with Crippen LogP contribution in [-0.2, 0) is 5.41 Å². The fraction of sp³-hybridized carbons (Fsp3) is 0.481. The van der Waals surface area contributed by atoms with Crippen LogP contribution in [-0.4, -0.2) is 66.2 Å². The molecular weight excluding hydrogens is 462 g/mol. The smallest absolute Gasteiger partial charge is 0.321 e. The molecule has 2 aromatic rings. The predicted octanol–water partition coefficient (Wildman–Crippen LogP) is 5.21. The molecule has 35 heavy (non-hydrogen) atoms. The standard InChI is InChI=1S/C27H35N3O4S/c1-26(2,3)20-8-6-19(7-9-20)24(31)30-16-17-35-27(30)12-14-29(15-13-27)25(32)28-22-11-10-21(33-4)18-23(22)34-5/h6-11,18H,12-17H2,1-5H3,(H,28,32). The number of piperidine rings is 1. The number of hydrogen-bond acceptors (Lipinski definition) is 5. The Balaban J connectivity index is 1.41. The number of rotatable bonds is 4. The van der Waals surface area contributed by atoms with Crippen LogP contribution in [0.5, 0.6) is 11.5 Å². The number of thioether (sulfide) groups is 1. The summed E-state index contributed by atoms with van der Waals surface area (Å²) in [4.78, 5) is 30.0. The summed E-state index contributed by atoms with van der Waals surface area (Å²) in [7, 11) is 3.15. The fourth-order valence-corrected chi connectivity index (χ4v) is 6.19. The molecule has 0 bridgehead atoms. The third-order valence-electron chi connectivity index (χ3n) is 6.90. The zero-order chi connectivity index (χ0) is 25.2. The first-order valence-corrected chi connectivity index (χ1v) is 13.0. The average molecular weight is 498 g/mol. The number of urea groups is 1. The highest BCUT2D eigenvalue weighted by Crippen LogP contribution is 2.44. The topological polar surface area (TPSA) is 71.1 Å². The van der Waals surface area contributed by atoms with Gasteiger partial charge in [0, 0.05) is 37.0 Å². The number of methoxy groups -OCH3 is 2. The van der Waals surface area contributed by atoms with Gasteiger partial charge in [0.05, 0.1) is 24.8 Å². The average Bonchev–Trinajstić information content (AvgIpc) is 3.26. The van der Waals surface area contributed by atoms with E-state index in [9.17, 15) is 9.59 Å². The van der Waals surface area contributed by atoms with Gasteiger partial charge in [0.15, 0.2) is 0 Å². The van der Waals surface area contributed by atoms with Gasteiger partial charge < -0.3 is 24.6 Å². The van der Waals surface area contributed by atoms with Crippen LogP contribution in [0, 0.1) is 0 Å². The molecule has 0 saturated carbocycles. The molecule has 8 heteroatoms. The molecule has 1 N–H and O–H groups in total. The molecule has 0 aromatic heterocycles. The second-order valence-electron chi connectivity index (χ2n) is 10.1. The zero-order valence-corrected chi connectivity index (χ0v) is 22.0. The summed E-state index contributed by atoms with van der Waals surface area (Å²) in [6, 6.07) is 13.2. The Hall–Kier alpha value is -2.87. The van der Waals surface area contributed by atoms with Gasteiger partial charge in [-0.05, 0) is 48.1 Å². The van der Waals surface area contributed by atoms with Crippen LogP contribution >= 0.6 is 11.8 Å². The normalized spacial score (nSPS) is 17.4.